The maximum atomic E-state index is 12.3. The highest BCUT2D eigenvalue weighted by Gasteiger charge is 2.24. The van der Waals surface area contributed by atoms with E-state index in [0.29, 0.717) is 17.4 Å². The second-order valence-electron chi connectivity index (χ2n) is 5.33. The van der Waals surface area contributed by atoms with Crippen LogP contribution in [0.25, 0.3) is 0 Å². The molecule has 0 radical (unpaired) electrons. The Morgan fingerprint density at radius 3 is 2.75 bits per heavy atom. The second kappa shape index (κ2) is 7.15. The summed E-state index contributed by atoms with van der Waals surface area (Å²) < 4.78 is 5.04. The predicted molar refractivity (Wildman–Crippen MR) is 77.9 cm³/mol. The summed E-state index contributed by atoms with van der Waals surface area (Å²) in [5, 5.41) is 13.0. The molecule has 0 saturated heterocycles. The van der Waals surface area contributed by atoms with E-state index in [1.165, 1.54) is 11.3 Å². The van der Waals surface area contributed by atoms with Crippen LogP contribution in [0.4, 0.5) is 0 Å². The molecule has 1 fully saturated rings. The highest BCUT2D eigenvalue weighted by Crippen LogP contribution is 2.25. The summed E-state index contributed by atoms with van der Waals surface area (Å²) in [7, 11) is 1.62. The van der Waals surface area contributed by atoms with Gasteiger partial charge in [0.25, 0.3) is 5.91 Å². The topological polar surface area (TPSA) is 71.5 Å². The van der Waals surface area contributed by atoms with Gasteiger partial charge < -0.3 is 15.2 Å². The SMILES string of the molecule is COCc1nc(C)c(C(=O)NC2CCC(CO)CC2)s1. The quantitative estimate of drug-likeness (QED) is 0.870. The zero-order chi connectivity index (χ0) is 14.5. The maximum absolute atomic E-state index is 12.3. The zero-order valence-electron chi connectivity index (χ0n) is 12.0. The third kappa shape index (κ3) is 3.77. The highest BCUT2D eigenvalue weighted by atomic mass is 32.1. The van der Waals surface area contributed by atoms with Gasteiger partial charge in [0.2, 0.25) is 0 Å². The molecule has 0 bridgehead atoms. The van der Waals surface area contributed by atoms with Crippen molar-refractivity contribution < 1.29 is 14.6 Å². The van der Waals surface area contributed by atoms with Crippen LogP contribution in [0.3, 0.4) is 0 Å². The Labute approximate surface area is 123 Å². The number of carbonyl (C=O) groups excluding carboxylic acids is 1. The molecule has 0 atom stereocenters. The average molecular weight is 298 g/mol. The molecule has 1 heterocycles. The van der Waals surface area contributed by atoms with E-state index in [-0.39, 0.29) is 18.6 Å². The fraction of sp³-hybridized carbons (Fsp3) is 0.714. The summed E-state index contributed by atoms with van der Waals surface area (Å²) in [6, 6.07) is 0.220. The van der Waals surface area contributed by atoms with Crippen LogP contribution in [-0.4, -0.2) is 35.8 Å². The lowest BCUT2D eigenvalue weighted by molar-refractivity contribution is 0.0917. The molecule has 1 aromatic rings. The number of carbonyl (C=O) groups is 1. The van der Waals surface area contributed by atoms with Gasteiger partial charge in [-0.3, -0.25) is 4.79 Å². The molecule has 5 nitrogen and oxygen atoms in total. The molecule has 1 saturated carbocycles. The van der Waals surface area contributed by atoms with Gasteiger partial charge in [-0.2, -0.15) is 0 Å². The van der Waals surface area contributed by atoms with Gasteiger partial charge in [-0.15, -0.1) is 11.3 Å². The van der Waals surface area contributed by atoms with Gasteiger partial charge in [-0.05, 0) is 38.5 Å². The normalized spacial score (nSPS) is 22.8. The molecule has 1 amide bonds. The van der Waals surface area contributed by atoms with Gasteiger partial charge in [0, 0.05) is 19.8 Å². The lowest BCUT2D eigenvalue weighted by Gasteiger charge is -2.27. The van der Waals surface area contributed by atoms with E-state index >= 15 is 0 Å². The number of rotatable bonds is 5. The summed E-state index contributed by atoms with van der Waals surface area (Å²) in [4.78, 5) is 17.3. The average Bonchev–Trinajstić information content (AvgIpc) is 2.81. The predicted octanol–water partition coefficient (Wildman–Crippen LogP) is 1.88. The van der Waals surface area contributed by atoms with E-state index in [0.717, 1.165) is 36.4 Å². The molecule has 2 N–H and O–H groups in total. The van der Waals surface area contributed by atoms with Crippen molar-refractivity contribution in [2.75, 3.05) is 13.7 Å². The molecule has 0 aliphatic heterocycles. The minimum absolute atomic E-state index is 0.0326. The number of methoxy groups -OCH3 is 1. The van der Waals surface area contributed by atoms with E-state index in [4.69, 9.17) is 9.84 Å². The molecular weight excluding hydrogens is 276 g/mol. The van der Waals surface area contributed by atoms with Crippen molar-refractivity contribution >= 4 is 17.2 Å². The van der Waals surface area contributed by atoms with Gasteiger partial charge in [-0.1, -0.05) is 0 Å². The summed E-state index contributed by atoms with van der Waals surface area (Å²) in [5.74, 6) is 0.372. The number of ether oxygens (including phenoxy) is 1. The monoisotopic (exact) mass is 298 g/mol. The standard InChI is InChI=1S/C14H22N2O3S/c1-9-13(20-12(15-9)8-19-2)14(18)16-11-5-3-10(7-17)4-6-11/h10-11,17H,3-8H2,1-2H3,(H,16,18). The molecule has 2 rings (SSSR count). The van der Waals surface area contributed by atoms with E-state index in [1.54, 1.807) is 7.11 Å². The third-order valence-corrected chi connectivity index (χ3v) is 4.88. The molecule has 6 heteroatoms. The number of aryl methyl sites for hydroxylation is 1. The Morgan fingerprint density at radius 2 is 2.15 bits per heavy atom. The Bertz CT molecular complexity index is 453. The number of hydrogen-bond donors (Lipinski definition) is 2. The molecule has 1 aromatic heterocycles. The van der Waals surface area contributed by atoms with E-state index in [9.17, 15) is 4.79 Å². The number of nitrogens with zero attached hydrogens (tertiary/aromatic N) is 1. The van der Waals surface area contributed by atoms with Crippen molar-refractivity contribution in [1.29, 1.82) is 0 Å². The highest BCUT2D eigenvalue weighted by molar-refractivity contribution is 7.13. The molecule has 20 heavy (non-hydrogen) atoms. The molecule has 0 aromatic carbocycles. The summed E-state index contributed by atoms with van der Waals surface area (Å²) in [6.07, 6.45) is 3.86. The van der Waals surface area contributed by atoms with Crippen LogP contribution in [0.5, 0.6) is 0 Å². The van der Waals surface area contributed by atoms with E-state index in [1.807, 2.05) is 6.92 Å². The largest absolute Gasteiger partial charge is 0.396 e. The number of aromatic nitrogens is 1. The van der Waals surface area contributed by atoms with Crippen molar-refractivity contribution in [2.24, 2.45) is 5.92 Å². The first kappa shape index (κ1) is 15.4. The van der Waals surface area contributed by atoms with Crippen LogP contribution < -0.4 is 5.32 Å². The van der Waals surface area contributed by atoms with Gasteiger partial charge in [0.05, 0.1) is 12.3 Å². The molecule has 112 valence electrons. The molecule has 1 aliphatic carbocycles. The van der Waals surface area contributed by atoms with Gasteiger partial charge >= 0.3 is 0 Å². The minimum atomic E-state index is -0.0326. The first-order valence-corrected chi connectivity index (χ1v) is 7.82. The van der Waals surface area contributed by atoms with Crippen molar-refractivity contribution in [2.45, 2.75) is 45.3 Å². The third-order valence-electron chi connectivity index (χ3n) is 3.76. The number of nitrogens with one attached hydrogen (secondary N) is 1. The van der Waals surface area contributed by atoms with Crippen molar-refractivity contribution in [3.05, 3.63) is 15.6 Å². The summed E-state index contributed by atoms with van der Waals surface area (Å²) in [5.41, 5.74) is 0.767. The molecular formula is C14H22N2O3S. The van der Waals surface area contributed by atoms with Crippen LogP contribution in [0, 0.1) is 12.8 Å². The number of thiazole rings is 1. The first-order chi connectivity index (χ1) is 9.63. The number of amides is 1. The Morgan fingerprint density at radius 1 is 1.45 bits per heavy atom. The minimum Gasteiger partial charge on any atom is -0.396 e. The van der Waals surface area contributed by atoms with Crippen LogP contribution in [-0.2, 0) is 11.3 Å². The molecule has 0 spiro atoms. The van der Waals surface area contributed by atoms with Crippen molar-refractivity contribution in [3.63, 3.8) is 0 Å². The van der Waals surface area contributed by atoms with Crippen LogP contribution in [0.15, 0.2) is 0 Å². The fourth-order valence-electron chi connectivity index (χ4n) is 2.59. The summed E-state index contributed by atoms with van der Waals surface area (Å²) in [6.45, 7) is 2.56. The Kier molecular flexibility index (Phi) is 5.51. The lowest BCUT2D eigenvalue weighted by Crippen LogP contribution is -2.38. The van der Waals surface area contributed by atoms with Crippen LogP contribution >= 0.6 is 11.3 Å². The summed E-state index contributed by atoms with van der Waals surface area (Å²) >= 11 is 1.40. The lowest BCUT2D eigenvalue weighted by atomic mass is 9.86. The maximum Gasteiger partial charge on any atom is 0.263 e. The van der Waals surface area contributed by atoms with Crippen molar-refractivity contribution in [1.82, 2.24) is 10.3 Å². The van der Waals surface area contributed by atoms with Gasteiger partial charge in [0.15, 0.2) is 0 Å². The van der Waals surface area contributed by atoms with Crippen LogP contribution in [0.2, 0.25) is 0 Å². The number of aliphatic hydroxyl groups excluding tert-OH is 1. The van der Waals surface area contributed by atoms with Gasteiger partial charge in [-0.25, -0.2) is 4.98 Å². The van der Waals surface area contributed by atoms with Crippen LogP contribution in [0.1, 0.15) is 46.1 Å². The fourth-order valence-corrected chi connectivity index (χ4v) is 3.53. The Hall–Kier alpha value is -0.980. The zero-order valence-corrected chi connectivity index (χ0v) is 12.8. The smallest absolute Gasteiger partial charge is 0.263 e. The molecule has 1 aliphatic rings. The van der Waals surface area contributed by atoms with Gasteiger partial charge in [0.1, 0.15) is 9.88 Å². The van der Waals surface area contributed by atoms with Crippen molar-refractivity contribution in [3.8, 4) is 0 Å². The second-order valence-corrected chi connectivity index (χ2v) is 6.41. The molecule has 0 unspecified atom stereocenters. The number of aliphatic hydroxyl groups is 1. The Balaban J connectivity index is 1.91. The first-order valence-electron chi connectivity index (χ1n) is 7.01. The van der Waals surface area contributed by atoms with E-state index < -0.39 is 0 Å². The van der Waals surface area contributed by atoms with E-state index in [2.05, 4.69) is 10.3 Å². The number of hydrogen-bond acceptors (Lipinski definition) is 5.